The topological polar surface area (TPSA) is 61.4 Å². The lowest BCUT2D eigenvalue weighted by Gasteiger charge is -2.60. The van der Waals surface area contributed by atoms with Crippen LogP contribution in [0.3, 0.4) is 0 Å². The van der Waals surface area contributed by atoms with Gasteiger partial charge in [0.2, 0.25) is 5.91 Å². The van der Waals surface area contributed by atoms with Crippen molar-refractivity contribution >= 4 is 11.9 Å². The van der Waals surface area contributed by atoms with Gasteiger partial charge in [-0.2, -0.15) is 0 Å². The van der Waals surface area contributed by atoms with E-state index in [4.69, 9.17) is 0 Å². The molecule has 0 aromatic rings. The van der Waals surface area contributed by atoms with Crippen LogP contribution in [0.15, 0.2) is 12.2 Å². The van der Waals surface area contributed by atoms with Crippen molar-refractivity contribution in [3.05, 3.63) is 12.2 Å². The van der Waals surface area contributed by atoms with E-state index in [1.54, 1.807) is 0 Å². The van der Waals surface area contributed by atoms with E-state index in [0.717, 1.165) is 37.8 Å². The predicted molar refractivity (Wildman–Crippen MR) is 185 cm³/mol. The van der Waals surface area contributed by atoms with E-state index in [9.17, 15) is 9.59 Å². The standard InChI is InChI=1S/C39H69N3O2/c1-5-6-7-8-9-10-11-12-13-14-15-16-17-18-19-20-29-40-37(44)41-30-31-21-23-33-32-22-24-35-39(3,28-26-36(43)42(35)4)34(32)25-27-38(31,33)2/h26,28,31-35H,5-25,27,29-30H2,1-4H3,(H2,40,41,44)/t31-,32+,33+,34+,35-,38-,39-/m1/s1. The number of hydrogen-bond acceptors (Lipinski definition) is 2. The molecule has 44 heavy (non-hydrogen) atoms. The van der Waals surface area contributed by atoms with Crippen LogP contribution in [0.5, 0.6) is 0 Å². The first kappa shape index (κ1) is 35.3. The summed E-state index contributed by atoms with van der Waals surface area (Å²) in [5, 5.41) is 6.41. The van der Waals surface area contributed by atoms with E-state index in [0.29, 0.717) is 23.3 Å². The number of urea groups is 1. The number of carbonyl (C=O) groups excluding carboxylic acids is 2. The smallest absolute Gasteiger partial charge is 0.314 e. The number of amides is 3. The number of nitrogens with zero attached hydrogens (tertiary/aromatic N) is 1. The van der Waals surface area contributed by atoms with Gasteiger partial charge >= 0.3 is 6.03 Å². The molecule has 0 unspecified atom stereocenters. The Hall–Kier alpha value is -1.52. The number of fused-ring (bicyclic) bond motifs is 5. The zero-order valence-electron chi connectivity index (χ0n) is 29.3. The van der Waals surface area contributed by atoms with Gasteiger partial charge in [0, 0.05) is 31.6 Å². The summed E-state index contributed by atoms with van der Waals surface area (Å²) in [6, 6.07) is 0.377. The molecular weight excluding hydrogens is 542 g/mol. The summed E-state index contributed by atoms with van der Waals surface area (Å²) in [7, 11) is 2.00. The summed E-state index contributed by atoms with van der Waals surface area (Å²) in [6.45, 7) is 8.85. The molecule has 3 fully saturated rings. The van der Waals surface area contributed by atoms with E-state index in [2.05, 4.69) is 37.5 Å². The molecular formula is C39H69N3O2. The molecule has 1 aliphatic heterocycles. The first-order valence-corrected chi connectivity index (χ1v) is 19.3. The molecule has 252 valence electrons. The third kappa shape index (κ3) is 8.84. The van der Waals surface area contributed by atoms with Crippen molar-refractivity contribution in [1.82, 2.24) is 15.5 Å². The Kier molecular flexibility index (Phi) is 14.0. The first-order valence-electron chi connectivity index (χ1n) is 19.3. The molecule has 0 radical (unpaired) electrons. The third-order valence-electron chi connectivity index (χ3n) is 13.1. The second kappa shape index (κ2) is 17.4. The quantitative estimate of drug-likeness (QED) is 0.143. The molecule has 5 nitrogen and oxygen atoms in total. The first-order chi connectivity index (χ1) is 21.3. The van der Waals surface area contributed by atoms with Gasteiger partial charge < -0.3 is 15.5 Å². The molecule has 2 N–H and O–H groups in total. The van der Waals surface area contributed by atoms with Crippen molar-refractivity contribution < 1.29 is 9.59 Å². The molecule has 1 heterocycles. The second-order valence-electron chi connectivity index (χ2n) is 15.9. The lowest BCUT2D eigenvalue weighted by atomic mass is 9.47. The Morgan fingerprint density at radius 2 is 1.36 bits per heavy atom. The van der Waals surface area contributed by atoms with Crippen LogP contribution in [-0.4, -0.2) is 43.0 Å². The zero-order chi connectivity index (χ0) is 31.4. The number of nitrogens with one attached hydrogen (secondary N) is 2. The lowest BCUT2D eigenvalue weighted by molar-refractivity contribution is -0.138. The number of unbranched alkanes of at least 4 members (excludes halogenated alkanes) is 15. The summed E-state index contributed by atoms with van der Waals surface area (Å²) in [5.41, 5.74) is 0.432. The maximum absolute atomic E-state index is 12.6. The van der Waals surface area contributed by atoms with Crippen LogP contribution in [0.25, 0.3) is 0 Å². The summed E-state index contributed by atoms with van der Waals surface area (Å²) >= 11 is 0. The van der Waals surface area contributed by atoms with Gasteiger partial charge in [-0.3, -0.25) is 4.79 Å². The molecule has 7 atom stereocenters. The van der Waals surface area contributed by atoms with Crippen LogP contribution in [0.4, 0.5) is 4.79 Å². The largest absolute Gasteiger partial charge is 0.338 e. The van der Waals surface area contributed by atoms with Gasteiger partial charge in [-0.1, -0.05) is 123 Å². The van der Waals surface area contributed by atoms with Crippen molar-refractivity contribution in [2.45, 2.75) is 168 Å². The average Bonchev–Trinajstić information content (AvgIpc) is 3.36. The maximum Gasteiger partial charge on any atom is 0.314 e. The Balaban J connectivity index is 1.03. The highest BCUT2D eigenvalue weighted by Crippen LogP contribution is 2.65. The number of likely N-dealkylation sites (N-methyl/N-ethyl adjacent to an activating group) is 1. The Labute approximate surface area is 271 Å². The van der Waals surface area contributed by atoms with Crippen molar-refractivity contribution in [2.75, 3.05) is 20.1 Å². The fourth-order valence-corrected chi connectivity index (χ4v) is 10.3. The van der Waals surface area contributed by atoms with Gasteiger partial charge in [-0.25, -0.2) is 4.79 Å². The molecule has 0 aromatic carbocycles. The molecule has 4 aliphatic rings. The molecule has 0 saturated heterocycles. The van der Waals surface area contributed by atoms with Crippen LogP contribution < -0.4 is 10.6 Å². The van der Waals surface area contributed by atoms with Crippen LogP contribution in [-0.2, 0) is 4.79 Å². The maximum atomic E-state index is 12.6. The molecule has 4 rings (SSSR count). The monoisotopic (exact) mass is 612 g/mol. The summed E-state index contributed by atoms with van der Waals surface area (Å²) in [4.78, 5) is 27.0. The molecule has 3 aliphatic carbocycles. The van der Waals surface area contributed by atoms with E-state index < -0.39 is 0 Å². The highest BCUT2D eigenvalue weighted by molar-refractivity contribution is 5.89. The molecule has 5 heteroatoms. The van der Waals surface area contributed by atoms with Crippen LogP contribution in [0.1, 0.15) is 162 Å². The fraction of sp³-hybridized carbons (Fsp3) is 0.897. The molecule has 0 bridgehead atoms. The molecule has 0 spiro atoms. The van der Waals surface area contributed by atoms with E-state index >= 15 is 0 Å². The van der Waals surface area contributed by atoms with Crippen LogP contribution in [0, 0.1) is 34.5 Å². The van der Waals surface area contributed by atoms with Gasteiger partial charge in [-0.05, 0) is 80.1 Å². The Bertz CT molecular complexity index is 919. The minimum absolute atomic E-state index is 0.0276. The van der Waals surface area contributed by atoms with Gasteiger partial charge in [0.1, 0.15) is 0 Å². The zero-order valence-corrected chi connectivity index (χ0v) is 29.3. The van der Waals surface area contributed by atoms with E-state index in [1.807, 2.05) is 18.0 Å². The minimum Gasteiger partial charge on any atom is -0.338 e. The van der Waals surface area contributed by atoms with Crippen molar-refractivity contribution in [2.24, 2.45) is 34.5 Å². The molecule has 3 amide bonds. The second-order valence-corrected chi connectivity index (χ2v) is 15.9. The van der Waals surface area contributed by atoms with Crippen LogP contribution in [0.2, 0.25) is 0 Å². The van der Waals surface area contributed by atoms with Gasteiger partial charge in [0.25, 0.3) is 0 Å². The van der Waals surface area contributed by atoms with E-state index in [-0.39, 0.29) is 17.4 Å². The van der Waals surface area contributed by atoms with Crippen molar-refractivity contribution in [1.29, 1.82) is 0 Å². The number of carbonyl (C=O) groups is 2. The van der Waals surface area contributed by atoms with Crippen molar-refractivity contribution in [3.63, 3.8) is 0 Å². The SMILES string of the molecule is CCCCCCCCCCCCCCCCCCNC(=O)NC[C@H]1CC[C@H]2[C@@H]3CC[C@H]4N(C)C(=O)C=C[C@]4(C)[C@H]3CC[C@]12C. The normalized spacial score (nSPS) is 32.7. The molecule has 0 aromatic heterocycles. The molecule has 3 saturated carbocycles. The minimum atomic E-state index is 0.0276. The lowest BCUT2D eigenvalue weighted by Crippen LogP contribution is -2.59. The van der Waals surface area contributed by atoms with Gasteiger partial charge in [-0.15, -0.1) is 0 Å². The third-order valence-corrected chi connectivity index (χ3v) is 13.1. The highest BCUT2D eigenvalue weighted by atomic mass is 16.2. The number of hydrogen-bond donors (Lipinski definition) is 2. The van der Waals surface area contributed by atoms with E-state index in [1.165, 1.54) is 128 Å². The Morgan fingerprint density at radius 3 is 1.98 bits per heavy atom. The fourth-order valence-electron chi connectivity index (χ4n) is 10.3. The van der Waals surface area contributed by atoms with Gasteiger partial charge in [0.15, 0.2) is 0 Å². The average molecular weight is 612 g/mol. The predicted octanol–water partition coefficient (Wildman–Crippen LogP) is 9.80. The summed E-state index contributed by atoms with van der Waals surface area (Å²) in [5.74, 6) is 2.91. The van der Waals surface area contributed by atoms with Gasteiger partial charge in [0.05, 0.1) is 0 Å². The van der Waals surface area contributed by atoms with Crippen LogP contribution >= 0.6 is 0 Å². The summed E-state index contributed by atoms with van der Waals surface area (Å²) in [6.07, 6.45) is 33.5. The Morgan fingerprint density at radius 1 is 0.773 bits per heavy atom. The number of rotatable bonds is 19. The van der Waals surface area contributed by atoms with Crippen molar-refractivity contribution in [3.8, 4) is 0 Å². The highest BCUT2D eigenvalue weighted by Gasteiger charge is 2.60. The summed E-state index contributed by atoms with van der Waals surface area (Å²) < 4.78 is 0.